The molecule has 0 radical (unpaired) electrons. The molecule has 1 aliphatic rings. The second kappa shape index (κ2) is 7.81. The van der Waals surface area contributed by atoms with Gasteiger partial charge in [0.05, 0.1) is 12.7 Å². The summed E-state index contributed by atoms with van der Waals surface area (Å²) in [5.41, 5.74) is -0.196. The van der Waals surface area contributed by atoms with Crippen LogP contribution in [0.15, 0.2) is 30.3 Å². The molecule has 2 N–H and O–H groups in total. The van der Waals surface area contributed by atoms with E-state index < -0.39 is 17.8 Å². The van der Waals surface area contributed by atoms with Gasteiger partial charge in [0.2, 0.25) is 5.95 Å². The number of anilines is 3. The van der Waals surface area contributed by atoms with E-state index in [0.717, 1.165) is 31.7 Å². The lowest BCUT2D eigenvalue weighted by atomic mass is 10.2. The summed E-state index contributed by atoms with van der Waals surface area (Å²) in [6, 6.07) is 7.08. The second-order valence-corrected chi connectivity index (χ2v) is 6.28. The van der Waals surface area contributed by atoms with Gasteiger partial charge < -0.3 is 15.4 Å². The summed E-state index contributed by atoms with van der Waals surface area (Å²) in [5, 5.41) is 5.81. The molecule has 0 amide bonds. The average Bonchev–Trinajstić information content (AvgIpc) is 3.14. The van der Waals surface area contributed by atoms with Gasteiger partial charge in [-0.15, -0.1) is 0 Å². The fourth-order valence-corrected chi connectivity index (χ4v) is 2.93. The molecule has 1 aromatic heterocycles. The Labute approximate surface area is 154 Å². The van der Waals surface area contributed by atoms with Crippen LogP contribution >= 0.6 is 0 Å². The number of methoxy groups -OCH3 is 1. The highest BCUT2D eigenvalue weighted by atomic mass is 19.4. The number of esters is 1. The predicted molar refractivity (Wildman–Crippen MR) is 94.0 cm³/mol. The third kappa shape index (κ3) is 4.87. The highest BCUT2D eigenvalue weighted by Gasteiger charge is 2.34. The normalized spacial score (nSPS) is 14.8. The zero-order valence-electron chi connectivity index (χ0n) is 14.6. The van der Waals surface area contributed by atoms with E-state index in [2.05, 4.69) is 25.3 Å². The molecule has 1 aliphatic carbocycles. The Hall–Kier alpha value is -2.84. The Morgan fingerprint density at radius 3 is 2.41 bits per heavy atom. The number of ether oxygens (including phenoxy) is 1. The molecule has 9 heteroatoms. The zero-order valence-corrected chi connectivity index (χ0v) is 14.6. The van der Waals surface area contributed by atoms with Crippen molar-refractivity contribution in [2.75, 3.05) is 17.7 Å². The number of carbonyl (C=O) groups excluding carboxylic acids is 1. The van der Waals surface area contributed by atoms with E-state index in [9.17, 15) is 18.0 Å². The summed E-state index contributed by atoms with van der Waals surface area (Å²) in [7, 11) is 1.27. The van der Waals surface area contributed by atoms with E-state index in [4.69, 9.17) is 0 Å². The summed E-state index contributed by atoms with van der Waals surface area (Å²) >= 11 is 0. The molecule has 1 aromatic carbocycles. The molecule has 144 valence electrons. The molecule has 1 saturated carbocycles. The second-order valence-electron chi connectivity index (χ2n) is 6.28. The first-order valence-electron chi connectivity index (χ1n) is 8.53. The molecule has 0 spiro atoms. The van der Waals surface area contributed by atoms with Gasteiger partial charge in [-0.2, -0.15) is 18.2 Å². The smallest absolute Gasteiger partial charge is 0.433 e. The molecule has 6 nitrogen and oxygen atoms in total. The Balaban J connectivity index is 1.83. The lowest BCUT2D eigenvalue weighted by molar-refractivity contribution is -0.141. The molecule has 27 heavy (non-hydrogen) atoms. The first-order chi connectivity index (χ1) is 12.8. The molecule has 0 unspecified atom stereocenters. The predicted octanol–water partition coefficient (Wildman–Crippen LogP) is 4.38. The molecular formula is C18H19F3N4O2. The van der Waals surface area contributed by atoms with Crippen molar-refractivity contribution in [1.82, 2.24) is 9.97 Å². The van der Waals surface area contributed by atoms with Gasteiger partial charge in [0.25, 0.3) is 0 Å². The number of benzene rings is 1. The maximum Gasteiger partial charge on any atom is 0.433 e. The summed E-state index contributed by atoms with van der Waals surface area (Å²) in [5.74, 6) is -0.528. The molecule has 0 saturated heterocycles. The number of aromatic nitrogens is 2. The monoisotopic (exact) mass is 380 g/mol. The molecule has 1 fully saturated rings. The van der Waals surface area contributed by atoms with Crippen LogP contribution in [0.1, 0.15) is 41.7 Å². The van der Waals surface area contributed by atoms with Gasteiger partial charge in [-0.05, 0) is 37.1 Å². The van der Waals surface area contributed by atoms with E-state index in [1.54, 1.807) is 12.1 Å². The van der Waals surface area contributed by atoms with E-state index >= 15 is 0 Å². The SMILES string of the molecule is COC(=O)c1ccc(Nc2cc(C(F)(F)F)nc(NC3CCCC3)n2)cc1. The number of rotatable bonds is 5. The summed E-state index contributed by atoms with van der Waals surface area (Å²) < 4.78 is 44.2. The molecule has 1 heterocycles. The van der Waals surface area contributed by atoms with Crippen LogP contribution in [0.4, 0.5) is 30.6 Å². The number of hydrogen-bond donors (Lipinski definition) is 2. The zero-order chi connectivity index (χ0) is 19.4. The minimum Gasteiger partial charge on any atom is -0.465 e. The first kappa shape index (κ1) is 18.9. The van der Waals surface area contributed by atoms with E-state index in [0.29, 0.717) is 11.3 Å². The van der Waals surface area contributed by atoms with Gasteiger partial charge in [-0.3, -0.25) is 0 Å². The Kier molecular flexibility index (Phi) is 5.48. The van der Waals surface area contributed by atoms with Gasteiger partial charge in [0.1, 0.15) is 5.82 Å². The number of carbonyl (C=O) groups is 1. The Bertz CT molecular complexity index is 803. The third-order valence-corrected chi connectivity index (χ3v) is 4.28. The standard InChI is InChI=1S/C18H19F3N4O2/c1-27-16(26)11-6-8-13(9-7-11)22-15-10-14(18(19,20)21)24-17(25-15)23-12-4-2-3-5-12/h6-10,12H,2-5H2,1H3,(H2,22,23,24,25). The van der Waals surface area contributed by atoms with Gasteiger partial charge in [-0.1, -0.05) is 12.8 Å². The quantitative estimate of drug-likeness (QED) is 0.750. The van der Waals surface area contributed by atoms with E-state index in [-0.39, 0.29) is 17.8 Å². The molecule has 0 atom stereocenters. The summed E-state index contributed by atoms with van der Waals surface area (Å²) in [6.07, 6.45) is -0.739. The molecular weight excluding hydrogens is 361 g/mol. The van der Waals surface area contributed by atoms with Crippen molar-refractivity contribution in [3.63, 3.8) is 0 Å². The van der Waals surface area contributed by atoms with E-state index in [1.807, 2.05) is 0 Å². The van der Waals surface area contributed by atoms with Crippen LogP contribution in [-0.4, -0.2) is 29.1 Å². The maximum absolute atomic E-state index is 13.2. The minimum atomic E-state index is -4.58. The van der Waals surface area contributed by atoms with Crippen molar-refractivity contribution in [3.05, 3.63) is 41.6 Å². The van der Waals surface area contributed by atoms with Crippen molar-refractivity contribution in [3.8, 4) is 0 Å². The Morgan fingerprint density at radius 1 is 1.15 bits per heavy atom. The van der Waals surface area contributed by atoms with Gasteiger partial charge in [-0.25, -0.2) is 9.78 Å². The lowest BCUT2D eigenvalue weighted by Gasteiger charge is -2.16. The van der Waals surface area contributed by atoms with E-state index in [1.165, 1.54) is 19.2 Å². The fraction of sp³-hybridized carbons (Fsp3) is 0.389. The van der Waals surface area contributed by atoms with Crippen LogP contribution in [0.5, 0.6) is 0 Å². The Morgan fingerprint density at radius 2 is 1.81 bits per heavy atom. The van der Waals surface area contributed by atoms with Crippen LogP contribution < -0.4 is 10.6 Å². The average molecular weight is 380 g/mol. The minimum absolute atomic E-state index is 0.0173. The first-order valence-corrected chi connectivity index (χ1v) is 8.53. The topological polar surface area (TPSA) is 76.1 Å². The van der Waals surface area contributed by atoms with Gasteiger partial charge in [0.15, 0.2) is 5.69 Å². The van der Waals surface area contributed by atoms with Crippen LogP contribution in [0.25, 0.3) is 0 Å². The molecule has 0 aliphatic heterocycles. The van der Waals surface area contributed by atoms with Crippen LogP contribution in [0, 0.1) is 0 Å². The van der Waals surface area contributed by atoms with Crippen molar-refractivity contribution >= 4 is 23.4 Å². The van der Waals surface area contributed by atoms with Crippen molar-refractivity contribution in [1.29, 1.82) is 0 Å². The summed E-state index contributed by atoms with van der Waals surface area (Å²) in [6.45, 7) is 0. The van der Waals surface area contributed by atoms with Crippen LogP contribution in [0.3, 0.4) is 0 Å². The number of alkyl halides is 3. The van der Waals surface area contributed by atoms with Gasteiger partial charge in [0, 0.05) is 17.8 Å². The van der Waals surface area contributed by atoms with Crippen molar-refractivity contribution in [2.24, 2.45) is 0 Å². The molecule has 0 bridgehead atoms. The number of halogens is 3. The molecule has 2 aromatic rings. The third-order valence-electron chi connectivity index (χ3n) is 4.28. The van der Waals surface area contributed by atoms with Crippen LogP contribution in [0.2, 0.25) is 0 Å². The van der Waals surface area contributed by atoms with Gasteiger partial charge >= 0.3 is 12.1 Å². The van der Waals surface area contributed by atoms with Crippen molar-refractivity contribution < 1.29 is 22.7 Å². The number of nitrogens with zero attached hydrogens (tertiary/aromatic N) is 2. The van der Waals surface area contributed by atoms with Crippen LogP contribution in [-0.2, 0) is 10.9 Å². The van der Waals surface area contributed by atoms with Crippen molar-refractivity contribution in [2.45, 2.75) is 37.9 Å². The number of nitrogens with one attached hydrogen (secondary N) is 2. The fourth-order valence-electron chi connectivity index (χ4n) is 2.93. The number of hydrogen-bond acceptors (Lipinski definition) is 6. The highest BCUT2D eigenvalue weighted by Crippen LogP contribution is 2.31. The molecule has 3 rings (SSSR count). The summed E-state index contributed by atoms with van der Waals surface area (Å²) in [4.78, 5) is 19.2. The lowest BCUT2D eigenvalue weighted by Crippen LogP contribution is -2.19. The largest absolute Gasteiger partial charge is 0.465 e. The highest BCUT2D eigenvalue weighted by molar-refractivity contribution is 5.89. The maximum atomic E-state index is 13.2.